The number of morpholine rings is 1. The van der Waals surface area contributed by atoms with Gasteiger partial charge in [-0.1, -0.05) is 24.3 Å². The number of benzene rings is 4. The van der Waals surface area contributed by atoms with Crippen molar-refractivity contribution in [1.82, 2.24) is 105 Å². The van der Waals surface area contributed by atoms with Gasteiger partial charge in [-0.05, 0) is 279 Å². The van der Waals surface area contributed by atoms with Gasteiger partial charge in [-0.3, -0.25) is 104 Å². The fourth-order valence-electron chi connectivity index (χ4n) is 18.9. The average Bonchev–Trinajstić information content (AvgIpc) is 1.65. The lowest BCUT2D eigenvalue weighted by Crippen LogP contribution is -2.36. The molecule has 7 aliphatic rings. The Bertz CT molecular complexity index is 6810. The molecular weight excluding hydrogens is 1820 g/mol. The number of hydrogen-bond donors (Lipinski definition) is 10. The third-order valence-electron chi connectivity index (χ3n) is 27.0. The van der Waals surface area contributed by atoms with Gasteiger partial charge in [0.2, 0.25) is 5.91 Å². The Hall–Kier alpha value is -16.0. The summed E-state index contributed by atoms with van der Waals surface area (Å²) in [5.41, 5.74) is 21.9. The summed E-state index contributed by atoms with van der Waals surface area (Å²) in [6.07, 6.45) is 36.7. The first kappa shape index (κ1) is 95.5. The van der Waals surface area contributed by atoms with Gasteiger partial charge in [-0.15, -0.1) is 0 Å². The number of ether oxygens (including phenoxy) is 1. The van der Waals surface area contributed by atoms with Gasteiger partial charge in [0.25, 0.3) is 23.6 Å². The molecule has 1 aliphatic carbocycles. The molecule has 6 saturated heterocycles. The molecule has 7 amide bonds. The van der Waals surface area contributed by atoms with Gasteiger partial charge in [0.15, 0.2) is 22.8 Å². The zero-order valence-corrected chi connectivity index (χ0v) is 80.6. The zero-order chi connectivity index (χ0) is 98.2. The van der Waals surface area contributed by atoms with Crippen molar-refractivity contribution in [2.45, 2.75) is 110 Å². The van der Waals surface area contributed by atoms with Crippen LogP contribution in [-0.4, -0.2) is 247 Å². The van der Waals surface area contributed by atoms with E-state index in [1.165, 1.54) is 75.5 Å². The molecule has 0 atom stereocenters. The van der Waals surface area contributed by atoms with E-state index in [1.807, 2.05) is 158 Å². The van der Waals surface area contributed by atoms with Crippen molar-refractivity contribution >= 4 is 125 Å². The van der Waals surface area contributed by atoms with Gasteiger partial charge < -0.3 is 51.3 Å². The number of H-pyrrole nitrogens is 4. The first-order chi connectivity index (χ1) is 70.5. The molecule has 6 aliphatic heterocycles. The van der Waals surface area contributed by atoms with E-state index in [0.29, 0.717) is 62.0 Å². The fraction of sp³-hybridized carbons (Fsp3) is 0.315. The summed E-state index contributed by atoms with van der Waals surface area (Å²) in [5.74, 6) is -1.00. The maximum absolute atomic E-state index is 13.1. The number of carbonyl (C=O) groups is 6. The Morgan fingerprint density at radius 1 is 0.306 bits per heavy atom. The highest BCUT2D eigenvalue weighted by molar-refractivity contribution is 6.15. The number of carbonyl (C=O) groups excluding carboxylic acids is 6. The second kappa shape index (κ2) is 44.8. The lowest BCUT2D eigenvalue weighted by molar-refractivity contribution is -0.117. The molecule has 734 valence electrons. The molecule has 36 nitrogen and oxygen atoms in total. The minimum absolute atomic E-state index is 0.0387. The van der Waals surface area contributed by atoms with Crippen LogP contribution in [0.1, 0.15) is 148 Å². The number of amides is 7. The standard InChI is InChI=1S/C28H31N7O.C27H29N7O2.C27H27N7O2.C26H28N8O2/c36-28(31-22-7-8-23(30-17-22)19-34-10-4-5-11-34)27-25-15-20(6-9-26(25)32-33-27)21-14-24(18-29-16-21)35-12-2-1-3-13-35;35-27(30-21-4-5-22(29-16-21)18-33-7-1-2-8-33)26-24-14-19(3-6-25(24)31-32-26)20-13-23(17-28-15-20)34-9-11-36-12-10-34;35-26(17-3-4-17)31-22-11-19(13-28-14-22)18-5-8-24-23(12-18)25(33-32-24)27(36)30-20-6-7-21(29-15-20)16-34-9-1-2-10-34;1-33(2)26(36)30-21-11-18(13-27-14-21)17-5-8-23-22(12-17)24(32-31-23)25(35)29-19-6-7-20(28-15-19)16-34-9-3-4-10-34/h6-9,14-18H,1-5,10-13,19H2,(H,31,36)(H,32,33);3-6,13-17H,1-2,7-12,18H2,(H,30,35)(H,31,32);5-8,11-15,17H,1-4,9-10,16H2,(H,30,36)(H,31,35)(H,32,33);5-8,11-15H,3-4,9-10,16H2,1-2H3,(H,29,35)(H,30,36)(H,31,32). The molecule has 36 heteroatoms. The number of anilines is 8. The van der Waals surface area contributed by atoms with Crippen LogP contribution < -0.4 is 41.7 Å². The van der Waals surface area contributed by atoms with Gasteiger partial charge in [-0.2, -0.15) is 20.4 Å². The van der Waals surface area contributed by atoms with Crippen molar-refractivity contribution in [3.8, 4) is 44.5 Å². The molecule has 7 fully saturated rings. The van der Waals surface area contributed by atoms with Crippen LogP contribution in [0, 0.1) is 5.92 Å². The summed E-state index contributed by atoms with van der Waals surface area (Å²) in [5, 5.41) is 49.3. The number of hydrogen-bond acceptors (Lipinski definition) is 25. The van der Waals surface area contributed by atoms with E-state index in [2.05, 4.69) is 154 Å². The van der Waals surface area contributed by atoms with E-state index in [0.717, 1.165) is 242 Å². The molecular formula is C108H115N29O7. The first-order valence-corrected chi connectivity index (χ1v) is 49.6. The molecule has 16 aromatic rings. The van der Waals surface area contributed by atoms with E-state index < -0.39 is 0 Å². The van der Waals surface area contributed by atoms with E-state index in [-0.39, 0.29) is 47.2 Å². The zero-order valence-electron chi connectivity index (χ0n) is 80.6. The summed E-state index contributed by atoms with van der Waals surface area (Å²) in [4.78, 5) is 128. The van der Waals surface area contributed by atoms with Crippen LogP contribution in [0.5, 0.6) is 0 Å². The molecule has 0 spiro atoms. The van der Waals surface area contributed by atoms with Crippen molar-refractivity contribution in [2.75, 3.05) is 148 Å². The van der Waals surface area contributed by atoms with E-state index in [9.17, 15) is 28.8 Å². The van der Waals surface area contributed by atoms with Crippen molar-refractivity contribution in [3.63, 3.8) is 0 Å². The highest BCUT2D eigenvalue weighted by Gasteiger charge is 2.31. The molecule has 0 radical (unpaired) electrons. The van der Waals surface area contributed by atoms with Gasteiger partial charge in [0.1, 0.15) is 0 Å². The third kappa shape index (κ3) is 23.9. The highest BCUT2D eigenvalue weighted by Crippen LogP contribution is 2.37. The number of rotatable bonds is 25. The van der Waals surface area contributed by atoms with Crippen LogP contribution in [0.15, 0.2) is 220 Å². The van der Waals surface area contributed by atoms with Crippen molar-refractivity contribution in [1.29, 1.82) is 0 Å². The monoisotopic (exact) mass is 1930 g/mol. The van der Waals surface area contributed by atoms with Gasteiger partial charge >= 0.3 is 6.03 Å². The molecule has 1 saturated carbocycles. The van der Waals surface area contributed by atoms with E-state index >= 15 is 0 Å². The quantitative estimate of drug-likeness (QED) is 0.0254. The van der Waals surface area contributed by atoms with Crippen LogP contribution in [0.3, 0.4) is 0 Å². The van der Waals surface area contributed by atoms with Crippen LogP contribution in [0.4, 0.5) is 50.3 Å². The van der Waals surface area contributed by atoms with E-state index in [1.54, 1.807) is 63.7 Å². The largest absolute Gasteiger partial charge is 0.378 e. The van der Waals surface area contributed by atoms with Crippen molar-refractivity contribution in [3.05, 3.63) is 266 Å². The third-order valence-corrected chi connectivity index (χ3v) is 27.0. The number of piperidine rings is 1. The SMILES string of the molecule is CN(C)C(=O)Nc1cncc(-c2ccc3[nH]nc(C(=O)Nc4ccc(CN5CCCC5)nc4)c3c2)c1.O=C(Nc1ccc(CN2CCCC2)nc1)c1n[nH]c2ccc(-c3cncc(N4CCCCC4)c3)cc12.O=C(Nc1ccc(CN2CCCC2)nc1)c1n[nH]c2ccc(-c3cncc(N4CCOCC4)c3)cc12.O=C(Nc1ccc(CN2CCCC2)nc1)c1n[nH]c2ccc(-c3cncc(NC(=O)C4CC4)c3)cc12. The number of likely N-dealkylation sites (tertiary alicyclic amines) is 4. The Morgan fingerprint density at radius 3 is 0.910 bits per heavy atom. The number of aromatic amines is 4. The lowest BCUT2D eigenvalue weighted by Gasteiger charge is -2.28. The Balaban J connectivity index is 0.000000117. The second-order valence-corrected chi connectivity index (χ2v) is 37.8. The fourth-order valence-corrected chi connectivity index (χ4v) is 18.9. The average molecular weight is 1930 g/mol. The summed E-state index contributed by atoms with van der Waals surface area (Å²) in [6, 6.07) is 46.6. The normalized spacial score (nSPS) is 15.6. The molecule has 18 heterocycles. The topological polar surface area (TPSA) is 424 Å². The van der Waals surface area contributed by atoms with Gasteiger partial charge in [0.05, 0.1) is 153 Å². The summed E-state index contributed by atoms with van der Waals surface area (Å²) in [7, 11) is 3.34. The van der Waals surface area contributed by atoms with E-state index in [4.69, 9.17) is 4.74 Å². The van der Waals surface area contributed by atoms with Gasteiger partial charge in [0, 0.05) is 141 Å². The number of nitrogens with zero attached hydrogens (tertiary/aromatic N) is 19. The molecule has 12 aromatic heterocycles. The predicted molar refractivity (Wildman–Crippen MR) is 557 cm³/mol. The minimum Gasteiger partial charge on any atom is -0.378 e. The first-order valence-electron chi connectivity index (χ1n) is 49.6. The summed E-state index contributed by atoms with van der Waals surface area (Å²) < 4.78 is 5.47. The lowest BCUT2D eigenvalue weighted by atomic mass is 10.0. The number of fused-ring (bicyclic) bond motifs is 4. The molecule has 0 bridgehead atoms. The Morgan fingerprint density at radius 2 is 0.604 bits per heavy atom. The number of urea groups is 1. The van der Waals surface area contributed by atoms with Crippen LogP contribution >= 0.6 is 0 Å². The number of aromatic nitrogens is 16. The highest BCUT2D eigenvalue weighted by atomic mass is 16.5. The smallest absolute Gasteiger partial charge is 0.321 e. The summed E-state index contributed by atoms with van der Waals surface area (Å²) in [6.45, 7) is 17.6. The summed E-state index contributed by atoms with van der Waals surface area (Å²) >= 11 is 0. The molecule has 23 rings (SSSR count). The second-order valence-electron chi connectivity index (χ2n) is 37.8. The molecule has 4 aromatic carbocycles. The predicted octanol–water partition coefficient (Wildman–Crippen LogP) is 16.7. The molecule has 10 N–H and O–H groups in total. The van der Waals surface area contributed by atoms with Crippen LogP contribution in [0.2, 0.25) is 0 Å². The maximum atomic E-state index is 13.1. The molecule has 0 unspecified atom stereocenters. The molecule has 144 heavy (non-hydrogen) atoms. The maximum Gasteiger partial charge on any atom is 0.321 e. The van der Waals surface area contributed by atoms with Crippen molar-refractivity contribution < 1.29 is 33.5 Å². The minimum atomic E-state index is -0.322. The number of nitrogens with one attached hydrogen (secondary N) is 10. The number of pyridine rings is 8. The van der Waals surface area contributed by atoms with Crippen LogP contribution in [0.25, 0.3) is 88.1 Å². The van der Waals surface area contributed by atoms with Gasteiger partial charge in [-0.25, -0.2) is 4.79 Å². The van der Waals surface area contributed by atoms with Crippen LogP contribution in [-0.2, 0) is 35.7 Å². The van der Waals surface area contributed by atoms with Crippen molar-refractivity contribution in [2.24, 2.45) is 5.92 Å². The Labute approximate surface area is 831 Å². The Kier molecular flexibility index (Phi) is 29.7.